The van der Waals surface area contributed by atoms with E-state index in [2.05, 4.69) is 13.8 Å². The van der Waals surface area contributed by atoms with Crippen LogP contribution in [0, 0.1) is 34.5 Å². The van der Waals surface area contributed by atoms with Crippen molar-refractivity contribution in [3.63, 3.8) is 0 Å². The lowest BCUT2D eigenvalue weighted by Crippen LogP contribution is -2.62. The minimum Gasteiger partial charge on any atom is -0.479 e. The number of ketones is 1. The van der Waals surface area contributed by atoms with Gasteiger partial charge in [-0.15, -0.1) is 0 Å². The van der Waals surface area contributed by atoms with Crippen molar-refractivity contribution < 1.29 is 44.6 Å². The number of ether oxygens (including phenoxy) is 2. The second-order valence-corrected chi connectivity index (χ2v) is 12.0. The number of aliphatic hydroxyl groups is 4. The highest BCUT2D eigenvalue weighted by Gasteiger charge is 2.63. The Morgan fingerprint density at radius 1 is 1.03 bits per heavy atom. The van der Waals surface area contributed by atoms with E-state index in [1.165, 1.54) is 0 Å². The monoisotopic (exact) mass is 482 g/mol. The zero-order valence-corrected chi connectivity index (χ0v) is 19.9. The van der Waals surface area contributed by atoms with Crippen molar-refractivity contribution in [1.82, 2.24) is 0 Å². The van der Waals surface area contributed by atoms with E-state index in [0.29, 0.717) is 43.3 Å². The predicted octanol–water partition coefficient (Wildman–Crippen LogP) is 0.846. The highest BCUT2D eigenvalue weighted by molar-refractivity contribution is 5.87. The maximum Gasteiger partial charge on any atom is 0.335 e. The molecule has 1 unspecified atom stereocenters. The molecule has 5 fully saturated rings. The number of aliphatic carboxylic acids is 1. The second-order valence-electron chi connectivity index (χ2n) is 12.0. The lowest BCUT2D eigenvalue weighted by Gasteiger charge is -2.61. The lowest BCUT2D eigenvalue weighted by molar-refractivity contribution is -0.310. The molecule has 5 rings (SSSR count). The number of carbonyl (C=O) groups is 2. The molecule has 0 aromatic heterocycles. The van der Waals surface area contributed by atoms with Crippen LogP contribution in [-0.4, -0.2) is 80.2 Å². The Labute approximate surface area is 199 Å². The summed E-state index contributed by atoms with van der Waals surface area (Å²) in [6.45, 7) is 4.32. The zero-order valence-electron chi connectivity index (χ0n) is 19.9. The van der Waals surface area contributed by atoms with Gasteiger partial charge in [0.05, 0.1) is 12.2 Å². The number of carboxylic acid groups (broad SMARTS) is 1. The van der Waals surface area contributed by atoms with Crippen molar-refractivity contribution in [3.8, 4) is 0 Å². The van der Waals surface area contributed by atoms with Gasteiger partial charge in [0.15, 0.2) is 12.4 Å². The third kappa shape index (κ3) is 3.58. The van der Waals surface area contributed by atoms with E-state index >= 15 is 0 Å². The molecular weight excluding hydrogens is 444 g/mol. The summed E-state index contributed by atoms with van der Waals surface area (Å²) in [6, 6.07) is 0. The lowest BCUT2D eigenvalue weighted by atomic mass is 9.44. The molecule has 13 atom stereocenters. The van der Waals surface area contributed by atoms with Gasteiger partial charge in [-0.3, -0.25) is 4.79 Å². The second kappa shape index (κ2) is 8.49. The van der Waals surface area contributed by atoms with Gasteiger partial charge in [-0.05, 0) is 74.0 Å². The number of rotatable bonds is 3. The summed E-state index contributed by atoms with van der Waals surface area (Å²) in [4.78, 5) is 24.0. The van der Waals surface area contributed by atoms with E-state index in [-0.39, 0.29) is 23.4 Å². The van der Waals surface area contributed by atoms with Gasteiger partial charge in [0.2, 0.25) is 0 Å². The Morgan fingerprint density at radius 2 is 1.76 bits per heavy atom. The van der Waals surface area contributed by atoms with E-state index in [4.69, 9.17) is 9.47 Å². The van der Waals surface area contributed by atoms with Crippen molar-refractivity contribution in [2.45, 2.75) is 108 Å². The molecule has 1 aliphatic heterocycles. The molecule has 5 aliphatic rings. The largest absolute Gasteiger partial charge is 0.479 e. The summed E-state index contributed by atoms with van der Waals surface area (Å²) >= 11 is 0. The zero-order chi connectivity index (χ0) is 24.6. The maximum absolute atomic E-state index is 12.7. The average Bonchev–Trinajstić information content (AvgIpc) is 3.07. The first-order chi connectivity index (χ1) is 16.0. The summed E-state index contributed by atoms with van der Waals surface area (Å²) < 4.78 is 11.3. The first-order valence-corrected chi connectivity index (χ1v) is 12.8. The van der Waals surface area contributed by atoms with E-state index in [1.54, 1.807) is 0 Å². The van der Waals surface area contributed by atoms with Crippen LogP contribution in [0.2, 0.25) is 0 Å². The first kappa shape index (κ1) is 24.6. The van der Waals surface area contributed by atoms with Crippen LogP contribution < -0.4 is 0 Å². The number of carbonyl (C=O) groups excluding carboxylic acids is 1. The Hall–Kier alpha value is -1.10. The van der Waals surface area contributed by atoms with E-state index in [1.807, 2.05) is 0 Å². The quantitative estimate of drug-likeness (QED) is 0.368. The number of Topliss-reactive ketones (excluding diaryl/α,β-unsaturated/α-hetero) is 1. The normalized spacial score (nSPS) is 55.2. The predicted molar refractivity (Wildman–Crippen MR) is 117 cm³/mol. The van der Waals surface area contributed by atoms with Crippen LogP contribution in [-0.2, 0) is 19.1 Å². The molecule has 0 amide bonds. The molecule has 0 bridgehead atoms. The molecule has 1 heterocycles. The molecule has 4 aliphatic carbocycles. The van der Waals surface area contributed by atoms with Crippen LogP contribution in [0.1, 0.15) is 65.2 Å². The molecule has 0 aromatic carbocycles. The summed E-state index contributed by atoms with van der Waals surface area (Å²) in [6.07, 6.45) is -2.58. The first-order valence-electron chi connectivity index (χ1n) is 12.8. The van der Waals surface area contributed by atoms with E-state index in [9.17, 15) is 35.1 Å². The third-order valence-electron chi connectivity index (χ3n) is 10.4. The molecule has 5 N–H and O–H groups in total. The molecule has 9 heteroatoms. The number of fused-ring (bicyclic) bond motifs is 5. The molecule has 0 spiro atoms. The fraction of sp³-hybridized carbons (Fsp3) is 0.920. The molecule has 192 valence electrons. The van der Waals surface area contributed by atoms with Gasteiger partial charge in [-0.2, -0.15) is 0 Å². The maximum atomic E-state index is 12.7. The summed E-state index contributed by atoms with van der Waals surface area (Å²) in [7, 11) is 0. The highest BCUT2D eigenvalue weighted by atomic mass is 16.7. The molecule has 4 saturated carbocycles. The highest BCUT2D eigenvalue weighted by Crippen LogP contribution is 2.65. The molecule has 1 saturated heterocycles. The fourth-order valence-electron chi connectivity index (χ4n) is 8.59. The molecule has 0 radical (unpaired) electrons. The van der Waals surface area contributed by atoms with Gasteiger partial charge in [-0.1, -0.05) is 13.8 Å². The smallest absolute Gasteiger partial charge is 0.335 e. The Balaban J connectivity index is 1.29. The molecule has 9 nitrogen and oxygen atoms in total. The topological polar surface area (TPSA) is 154 Å². The number of carboxylic acids is 1. The molecule has 34 heavy (non-hydrogen) atoms. The standard InChI is InChI=1S/C25H38O9/c1-24-8-7-12(33-23-20(30)18(28)19(29)21(34-23)22(31)32)9-11(24)3-4-13-14-5-6-16(27)25(14,2)10-15(26)17(13)24/h11-15,17-21,23,26,28-30H,3-10H2,1-2H3,(H,31,32)/t11?,12-,13+,14+,15+,17-,18+,19+,20-,21+,23-,24+,25+/m1/s1. The van der Waals surface area contributed by atoms with E-state index in [0.717, 1.165) is 25.7 Å². The van der Waals surface area contributed by atoms with Gasteiger partial charge in [0.25, 0.3) is 0 Å². The van der Waals surface area contributed by atoms with Crippen LogP contribution in [0.3, 0.4) is 0 Å². The van der Waals surface area contributed by atoms with Gasteiger partial charge in [0, 0.05) is 11.8 Å². The van der Waals surface area contributed by atoms with Crippen LogP contribution >= 0.6 is 0 Å². The van der Waals surface area contributed by atoms with Crippen LogP contribution in [0.5, 0.6) is 0 Å². The Morgan fingerprint density at radius 3 is 2.47 bits per heavy atom. The van der Waals surface area contributed by atoms with Crippen LogP contribution in [0.4, 0.5) is 0 Å². The number of aliphatic hydroxyl groups excluding tert-OH is 4. The summed E-state index contributed by atoms with van der Waals surface area (Å²) in [5.41, 5.74) is -0.481. The molecular formula is C25H38O9. The summed E-state index contributed by atoms with van der Waals surface area (Å²) in [5.74, 6) is -0.0129. The van der Waals surface area contributed by atoms with Gasteiger partial charge >= 0.3 is 5.97 Å². The van der Waals surface area contributed by atoms with Crippen molar-refractivity contribution in [3.05, 3.63) is 0 Å². The van der Waals surface area contributed by atoms with Gasteiger partial charge in [-0.25, -0.2) is 4.79 Å². The Bertz CT molecular complexity index is 833. The van der Waals surface area contributed by atoms with Crippen molar-refractivity contribution in [2.24, 2.45) is 34.5 Å². The number of hydrogen-bond acceptors (Lipinski definition) is 8. The average molecular weight is 483 g/mol. The minimum absolute atomic E-state index is 0.0828. The van der Waals surface area contributed by atoms with Crippen LogP contribution in [0.15, 0.2) is 0 Å². The number of hydrogen-bond donors (Lipinski definition) is 5. The van der Waals surface area contributed by atoms with Crippen LogP contribution in [0.25, 0.3) is 0 Å². The van der Waals surface area contributed by atoms with E-state index < -0.39 is 48.2 Å². The van der Waals surface area contributed by atoms with Crippen molar-refractivity contribution >= 4 is 11.8 Å². The third-order valence-corrected chi connectivity index (χ3v) is 10.4. The van der Waals surface area contributed by atoms with Gasteiger partial charge < -0.3 is 35.0 Å². The summed E-state index contributed by atoms with van der Waals surface area (Å²) in [5, 5.41) is 50.9. The van der Waals surface area contributed by atoms with Gasteiger partial charge in [0.1, 0.15) is 24.1 Å². The van der Waals surface area contributed by atoms with Crippen molar-refractivity contribution in [2.75, 3.05) is 0 Å². The Kier molecular flexibility index (Phi) is 6.14. The minimum atomic E-state index is -1.74. The van der Waals surface area contributed by atoms with Crippen molar-refractivity contribution in [1.29, 1.82) is 0 Å². The SMILES string of the molecule is C[C@]12CC[C@@H](O[C@@H]3O[C@H](C(=O)O)[C@@H](O)[C@H](O)[C@H]3O)CC1CC[C@@H]1[C@@H]2[C@@H](O)C[C@]2(C)C(=O)CC[C@@H]12. The fourth-order valence-corrected chi connectivity index (χ4v) is 8.59. The molecule has 0 aromatic rings.